The van der Waals surface area contributed by atoms with Gasteiger partial charge in [0, 0.05) is 17.5 Å². The average molecular weight is 193 g/mol. The van der Waals surface area contributed by atoms with Gasteiger partial charge in [0.1, 0.15) is 5.82 Å². The highest BCUT2D eigenvalue weighted by atomic mass is 19.1. The molecule has 1 aromatic carbocycles. The lowest BCUT2D eigenvalue weighted by atomic mass is 10.0. The molecule has 0 aliphatic carbocycles. The number of terminal acetylenes is 1. The van der Waals surface area contributed by atoms with E-state index in [9.17, 15) is 14.5 Å². The first-order valence-electron chi connectivity index (χ1n) is 3.96. The second-order valence-electron chi connectivity index (χ2n) is 2.85. The minimum Gasteiger partial charge on any atom is -0.258 e. The number of nitro benzene ring substituents is 1. The van der Waals surface area contributed by atoms with Gasteiger partial charge in [0.2, 0.25) is 0 Å². The van der Waals surface area contributed by atoms with E-state index in [0.717, 1.165) is 18.2 Å². The van der Waals surface area contributed by atoms with E-state index in [1.165, 1.54) is 0 Å². The van der Waals surface area contributed by atoms with Crippen molar-refractivity contribution in [2.45, 2.75) is 12.8 Å². The van der Waals surface area contributed by atoms with Crippen molar-refractivity contribution >= 4 is 5.69 Å². The summed E-state index contributed by atoms with van der Waals surface area (Å²) < 4.78 is 12.8. The predicted octanol–water partition coefficient (Wildman–Crippen LogP) is 2.47. The van der Waals surface area contributed by atoms with E-state index >= 15 is 0 Å². The first kappa shape index (κ1) is 10.2. The van der Waals surface area contributed by atoms with Crippen LogP contribution in [0.15, 0.2) is 18.2 Å². The molecule has 0 N–H and O–H groups in total. The summed E-state index contributed by atoms with van der Waals surface area (Å²) >= 11 is 0. The summed E-state index contributed by atoms with van der Waals surface area (Å²) in [5.74, 6) is 1.35. The third-order valence-corrected chi connectivity index (χ3v) is 1.90. The number of halogens is 1. The number of benzene rings is 1. The van der Waals surface area contributed by atoms with Crippen molar-refractivity contribution in [2.75, 3.05) is 0 Å². The summed E-state index contributed by atoms with van der Waals surface area (Å²) in [6.07, 6.45) is 5.13. The fourth-order valence-corrected chi connectivity index (χ4v) is 1.13. The molecule has 0 heterocycles. The molecule has 0 saturated carbocycles. The third kappa shape index (κ3) is 1.88. The molecular formula is C10H8FNO2. The normalized spacial score (nSPS) is 11.8. The quantitative estimate of drug-likeness (QED) is 0.411. The van der Waals surface area contributed by atoms with E-state index in [2.05, 4.69) is 5.92 Å². The van der Waals surface area contributed by atoms with E-state index in [-0.39, 0.29) is 11.3 Å². The van der Waals surface area contributed by atoms with Gasteiger partial charge in [-0.15, -0.1) is 6.42 Å². The summed E-state index contributed by atoms with van der Waals surface area (Å²) in [5.41, 5.74) is 0.0920. The molecule has 0 amide bonds. The van der Waals surface area contributed by atoms with Crippen molar-refractivity contribution in [1.82, 2.24) is 0 Å². The van der Waals surface area contributed by atoms with Gasteiger partial charge in [0.25, 0.3) is 5.69 Å². The van der Waals surface area contributed by atoms with Crippen LogP contribution >= 0.6 is 0 Å². The Kier molecular flexibility index (Phi) is 2.82. The molecule has 0 aromatic heterocycles. The summed E-state index contributed by atoms with van der Waals surface area (Å²) in [6, 6.07) is 3.27. The van der Waals surface area contributed by atoms with Gasteiger partial charge >= 0.3 is 0 Å². The van der Waals surface area contributed by atoms with Gasteiger partial charge < -0.3 is 0 Å². The monoisotopic (exact) mass is 193 g/mol. The predicted molar refractivity (Wildman–Crippen MR) is 50.3 cm³/mol. The SMILES string of the molecule is C#CC(C)c1cc(F)ccc1[N+](=O)[O-]. The van der Waals surface area contributed by atoms with Crippen LogP contribution < -0.4 is 0 Å². The van der Waals surface area contributed by atoms with Gasteiger partial charge in [-0.25, -0.2) is 4.39 Å². The Morgan fingerprint density at radius 3 is 2.79 bits per heavy atom. The molecule has 0 radical (unpaired) electrons. The zero-order valence-electron chi connectivity index (χ0n) is 7.53. The maximum atomic E-state index is 12.8. The largest absolute Gasteiger partial charge is 0.274 e. The summed E-state index contributed by atoms with van der Waals surface area (Å²) in [5, 5.41) is 10.6. The molecule has 0 aliphatic heterocycles. The topological polar surface area (TPSA) is 43.1 Å². The van der Waals surface area contributed by atoms with E-state index in [0.29, 0.717) is 0 Å². The highest BCUT2D eigenvalue weighted by Gasteiger charge is 2.17. The molecule has 1 rings (SSSR count). The maximum absolute atomic E-state index is 12.8. The molecule has 1 aromatic rings. The second kappa shape index (κ2) is 3.88. The van der Waals surface area contributed by atoms with Crippen LogP contribution in [0.5, 0.6) is 0 Å². The lowest BCUT2D eigenvalue weighted by Gasteiger charge is -2.05. The fraction of sp³-hybridized carbons (Fsp3) is 0.200. The Hall–Kier alpha value is -1.89. The van der Waals surface area contributed by atoms with E-state index in [1.54, 1.807) is 6.92 Å². The summed E-state index contributed by atoms with van der Waals surface area (Å²) in [6.45, 7) is 1.61. The van der Waals surface area contributed by atoms with Crippen LogP contribution in [0.4, 0.5) is 10.1 Å². The smallest absolute Gasteiger partial charge is 0.258 e. The molecule has 0 spiro atoms. The van der Waals surface area contributed by atoms with Crippen LogP contribution in [-0.4, -0.2) is 4.92 Å². The molecular weight excluding hydrogens is 185 g/mol. The number of hydrogen-bond acceptors (Lipinski definition) is 2. The minimum atomic E-state index is -0.567. The number of rotatable bonds is 2. The standard InChI is InChI=1S/C10H8FNO2/c1-3-7(2)9-6-8(11)4-5-10(9)12(13)14/h1,4-7H,2H3. The van der Waals surface area contributed by atoms with E-state index in [4.69, 9.17) is 6.42 Å². The number of nitrogens with zero attached hydrogens (tertiary/aromatic N) is 1. The average Bonchev–Trinajstić information content (AvgIpc) is 2.16. The van der Waals surface area contributed by atoms with Crippen LogP contribution in [0.1, 0.15) is 18.4 Å². The maximum Gasteiger partial charge on any atom is 0.274 e. The highest BCUT2D eigenvalue weighted by Crippen LogP contribution is 2.26. The Labute approximate surface area is 80.7 Å². The first-order chi connectivity index (χ1) is 6.56. The molecule has 1 atom stereocenters. The van der Waals surface area contributed by atoms with Crippen molar-refractivity contribution in [3.63, 3.8) is 0 Å². The van der Waals surface area contributed by atoms with E-state index in [1.807, 2.05) is 0 Å². The molecule has 0 saturated heterocycles. The molecule has 3 nitrogen and oxygen atoms in total. The van der Waals surface area contributed by atoms with E-state index < -0.39 is 16.7 Å². The lowest BCUT2D eigenvalue weighted by molar-refractivity contribution is -0.385. The Balaban J connectivity index is 3.31. The molecule has 0 aliphatic rings. The minimum absolute atomic E-state index is 0.142. The molecule has 4 heteroatoms. The summed E-state index contributed by atoms with van der Waals surface area (Å²) in [4.78, 5) is 10.0. The molecule has 0 fully saturated rings. The van der Waals surface area contributed by atoms with Crippen molar-refractivity contribution in [1.29, 1.82) is 0 Å². The molecule has 72 valence electrons. The van der Waals surface area contributed by atoms with Crippen LogP contribution in [0, 0.1) is 28.3 Å². The van der Waals surface area contributed by atoms with Crippen LogP contribution in [0.3, 0.4) is 0 Å². The van der Waals surface area contributed by atoms with Crippen LogP contribution in [0.25, 0.3) is 0 Å². The van der Waals surface area contributed by atoms with Crippen LogP contribution in [0.2, 0.25) is 0 Å². The van der Waals surface area contributed by atoms with Gasteiger partial charge in [-0.2, -0.15) is 0 Å². The van der Waals surface area contributed by atoms with Crippen LogP contribution in [-0.2, 0) is 0 Å². The fourth-order valence-electron chi connectivity index (χ4n) is 1.13. The summed E-state index contributed by atoms with van der Waals surface area (Å²) in [7, 11) is 0. The van der Waals surface area contributed by atoms with Gasteiger partial charge in [-0.3, -0.25) is 10.1 Å². The Morgan fingerprint density at radius 2 is 2.29 bits per heavy atom. The van der Waals surface area contributed by atoms with Crippen molar-refractivity contribution in [3.8, 4) is 12.3 Å². The van der Waals surface area contributed by atoms with Gasteiger partial charge in [0.15, 0.2) is 0 Å². The first-order valence-corrected chi connectivity index (χ1v) is 3.96. The molecule has 1 unspecified atom stereocenters. The second-order valence-corrected chi connectivity index (χ2v) is 2.85. The van der Waals surface area contributed by atoms with Gasteiger partial charge in [0.05, 0.1) is 4.92 Å². The Bertz CT molecular complexity index is 409. The van der Waals surface area contributed by atoms with Gasteiger partial charge in [-0.1, -0.05) is 5.92 Å². The van der Waals surface area contributed by atoms with Gasteiger partial charge in [-0.05, 0) is 19.1 Å². The van der Waals surface area contributed by atoms with Crippen molar-refractivity contribution in [2.24, 2.45) is 0 Å². The third-order valence-electron chi connectivity index (χ3n) is 1.90. The zero-order valence-corrected chi connectivity index (χ0v) is 7.53. The zero-order chi connectivity index (χ0) is 10.7. The molecule has 14 heavy (non-hydrogen) atoms. The Morgan fingerprint density at radius 1 is 1.64 bits per heavy atom. The van der Waals surface area contributed by atoms with Crippen molar-refractivity contribution in [3.05, 3.63) is 39.7 Å². The van der Waals surface area contributed by atoms with Crippen molar-refractivity contribution < 1.29 is 9.31 Å². The number of nitro groups is 1. The number of hydrogen-bond donors (Lipinski definition) is 0. The highest BCUT2D eigenvalue weighted by molar-refractivity contribution is 5.45. The molecule has 0 bridgehead atoms. The lowest BCUT2D eigenvalue weighted by Crippen LogP contribution is -1.98.